The number of rotatable bonds is 5. The lowest BCUT2D eigenvalue weighted by molar-refractivity contribution is 0.483. The third kappa shape index (κ3) is 4.93. The Hall–Kier alpha value is -3.23. The Morgan fingerprint density at radius 3 is 2.04 bits per heavy atom. The second-order valence-electron chi connectivity index (χ2n) is 6.15. The second-order valence-corrected chi connectivity index (χ2v) is 7.54. The smallest absolute Gasteiger partial charge is 0.282 e. The Morgan fingerprint density at radius 1 is 0.714 bits per heavy atom. The fraction of sp³-hybridized carbons (Fsp3) is 0.100. The zero-order valence-electron chi connectivity index (χ0n) is 15.3. The Kier molecular flexibility index (Phi) is 5.72. The molecule has 7 nitrogen and oxygen atoms in total. The minimum atomic E-state index is -4.52. The molecule has 1 N–H and O–H groups in total. The first kappa shape index (κ1) is 19.5. The van der Waals surface area contributed by atoms with E-state index >= 15 is 0 Å². The van der Waals surface area contributed by atoms with Gasteiger partial charge >= 0.3 is 0 Å². The van der Waals surface area contributed by atoms with E-state index in [0.29, 0.717) is 11.4 Å². The van der Waals surface area contributed by atoms with Crippen LogP contribution in [0, 0.1) is 13.8 Å². The van der Waals surface area contributed by atoms with Crippen molar-refractivity contribution in [2.45, 2.75) is 18.7 Å². The predicted octanol–water partition coefficient (Wildman–Crippen LogP) is 6.38. The topological polar surface area (TPSA) is 104 Å². The molecule has 3 aromatic rings. The van der Waals surface area contributed by atoms with Gasteiger partial charge < -0.3 is 0 Å². The average Bonchev–Trinajstić information content (AvgIpc) is 2.66. The zero-order chi connectivity index (χ0) is 20.1. The first-order valence-corrected chi connectivity index (χ1v) is 9.84. The van der Waals surface area contributed by atoms with Crippen molar-refractivity contribution in [2.75, 3.05) is 0 Å². The number of azo groups is 2. The van der Waals surface area contributed by atoms with Gasteiger partial charge in [-0.1, -0.05) is 35.9 Å². The van der Waals surface area contributed by atoms with Crippen molar-refractivity contribution in [1.29, 1.82) is 0 Å². The molecule has 142 valence electrons. The van der Waals surface area contributed by atoms with Crippen LogP contribution in [0.15, 0.2) is 92.1 Å². The van der Waals surface area contributed by atoms with Crippen LogP contribution in [0.4, 0.5) is 22.7 Å². The average molecular weight is 394 g/mol. The van der Waals surface area contributed by atoms with Gasteiger partial charge in [0.25, 0.3) is 10.1 Å². The molecule has 0 spiro atoms. The van der Waals surface area contributed by atoms with E-state index in [4.69, 9.17) is 0 Å². The van der Waals surface area contributed by atoms with Gasteiger partial charge in [0.2, 0.25) is 0 Å². The lowest BCUT2D eigenvalue weighted by atomic mass is 10.1. The molecule has 8 heteroatoms. The fourth-order valence-corrected chi connectivity index (χ4v) is 3.13. The molecule has 3 aromatic carbocycles. The molecule has 0 aliphatic rings. The van der Waals surface area contributed by atoms with Crippen LogP contribution >= 0.6 is 0 Å². The van der Waals surface area contributed by atoms with Gasteiger partial charge in [-0.05, 0) is 55.8 Å². The van der Waals surface area contributed by atoms with Crippen LogP contribution in [0.25, 0.3) is 0 Å². The van der Waals surface area contributed by atoms with Crippen molar-refractivity contribution in [3.05, 3.63) is 77.9 Å². The maximum atomic E-state index is 11.8. The van der Waals surface area contributed by atoms with Crippen molar-refractivity contribution >= 4 is 32.9 Å². The normalized spacial score (nSPS) is 12.1. The molecule has 0 heterocycles. The summed E-state index contributed by atoms with van der Waals surface area (Å²) in [5, 5.41) is 16.2. The van der Waals surface area contributed by atoms with Crippen LogP contribution in [0.2, 0.25) is 0 Å². The number of aryl methyl sites for hydroxylation is 2. The molecule has 0 radical (unpaired) electrons. The maximum Gasteiger partial charge on any atom is 0.296 e. The van der Waals surface area contributed by atoms with E-state index in [1.807, 2.05) is 44.2 Å². The van der Waals surface area contributed by atoms with Crippen LogP contribution in [0.1, 0.15) is 11.1 Å². The van der Waals surface area contributed by atoms with Gasteiger partial charge in [0.1, 0.15) is 10.6 Å². The molecule has 0 bridgehead atoms. The zero-order valence-corrected chi connectivity index (χ0v) is 16.1. The van der Waals surface area contributed by atoms with Crippen molar-refractivity contribution < 1.29 is 13.0 Å². The summed E-state index contributed by atoms with van der Waals surface area (Å²) in [6.07, 6.45) is 0. The van der Waals surface area contributed by atoms with E-state index in [-0.39, 0.29) is 16.3 Å². The Labute approximate surface area is 163 Å². The number of nitrogens with zero attached hydrogens (tertiary/aromatic N) is 4. The van der Waals surface area contributed by atoms with E-state index in [1.165, 1.54) is 12.1 Å². The van der Waals surface area contributed by atoms with Gasteiger partial charge in [0, 0.05) is 0 Å². The molecule has 0 amide bonds. The predicted molar refractivity (Wildman–Crippen MR) is 107 cm³/mol. The molecular weight excluding hydrogens is 376 g/mol. The molecule has 0 unspecified atom stereocenters. The summed E-state index contributed by atoms with van der Waals surface area (Å²) in [5.41, 5.74) is 3.51. The van der Waals surface area contributed by atoms with Gasteiger partial charge in [0.05, 0.1) is 17.1 Å². The van der Waals surface area contributed by atoms with Crippen LogP contribution in [-0.2, 0) is 10.1 Å². The summed E-state index contributed by atoms with van der Waals surface area (Å²) in [5.74, 6) is 0. The Balaban J connectivity index is 1.95. The standard InChI is InChI=1S/C20H18N4O3S/c1-14-8-10-18(15(2)12-14)23-24-19-11-9-17(13-20(19)28(25,26)27)22-21-16-6-4-3-5-7-16/h3-13H,1-2H3,(H,25,26,27). The minimum Gasteiger partial charge on any atom is -0.282 e. The summed E-state index contributed by atoms with van der Waals surface area (Å²) in [6.45, 7) is 3.85. The molecule has 0 saturated heterocycles. The van der Waals surface area contributed by atoms with Crippen LogP contribution in [0.5, 0.6) is 0 Å². The molecule has 28 heavy (non-hydrogen) atoms. The van der Waals surface area contributed by atoms with Gasteiger partial charge in [0.15, 0.2) is 0 Å². The summed E-state index contributed by atoms with van der Waals surface area (Å²) in [6, 6.07) is 18.8. The lowest BCUT2D eigenvalue weighted by Crippen LogP contribution is -1.98. The number of hydrogen-bond acceptors (Lipinski definition) is 6. The first-order valence-electron chi connectivity index (χ1n) is 8.40. The number of hydrogen-bond donors (Lipinski definition) is 1. The van der Waals surface area contributed by atoms with Gasteiger partial charge in [-0.25, -0.2) is 0 Å². The van der Waals surface area contributed by atoms with E-state index < -0.39 is 10.1 Å². The highest BCUT2D eigenvalue weighted by molar-refractivity contribution is 7.86. The summed E-state index contributed by atoms with van der Waals surface area (Å²) >= 11 is 0. The molecule has 0 atom stereocenters. The van der Waals surface area contributed by atoms with Gasteiger partial charge in [-0.3, -0.25) is 4.55 Å². The molecule has 0 aliphatic heterocycles. The highest BCUT2D eigenvalue weighted by Crippen LogP contribution is 2.31. The lowest BCUT2D eigenvalue weighted by Gasteiger charge is -2.04. The largest absolute Gasteiger partial charge is 0.296 e. The van der Waals surface area contributed by atoms with Crippen molar-refractivity contribution in [1.82, 2.24) is 0 Å². The van der Waals surface area contributed by atoms with Gasteiger partial charge in [-0.15, -0.1) is 5.11 Å². The Morgan fingerprint density at radius 2 is 1.36 bits per heavy atom. The van der Waals surface area contributed by atoms with Crippen molar-refractivity contribution in [3.63, 3.8) is 0 Å². The second kappa shape index (κ2) is 8.20. The monoisotopic (exact) mass is 394 g/mol. The van der Waals surface area contributed by atoms with Crippen molar-refractivity contribution in [2.24, 2.45) is 20.5 Å². The van der Waals surface area contributed by atoms with Crippen molar-refractivity contribution in [3.8, 4) is 0 Å². The quantitative estimate of drug-likeness (QED) is 0.401. The number of benzene rings is 3. The summed E-state index contributed by atoms with van der Waals surface area (Å²) in [4.78, 5) is -0.384. The minimum absolute atomic E-state index is 0.0149. The third-order valence-electron chi connectivity index (χ3n) is 3.88. The molecule has 3 rings (SSSR count). The highest BCUT2D eigenvalue weighted by atomic mass is 32.2. The van der Waals surface area contributed by atoms with E-state index in [2.05, 4.69) is 20.5 Å². The first-order chi connectivity index (χ1) is 13.3. The van der Waals surface area contributed by atoms with E-state index in [0.717, 1.165) is 11.1 Å². The summed E-state index contributed by atoms with van der Waals surface area (Å²) in [7, 11) is -4.52. The van der Waals surface area contributed by atoms with Crippen LogP contribution in [0.3, 0.4) is 0 Å². The van der Waals surface area contributed by atoms with Crippen LogP contribution < -0.4 is 0 Å². The molecule has 0 aromatic heterocycles. The molecular formula is C20H18N4O3S. The SMILES string of the molecule is Cc1ccc(N=Nc2ccc(N=Nc3ccccc3)cc2S(=O)(=O)O)c(C)c1. The maximum absolute atomic E-state index is 11.8. The molecule has 0 aliphatic carbocycles. The molecule has 0 saturated carbocycles. The van der Waals surface area contributed by atoms with Gasteiger partial charge in [-0.2, -0.15) is 23.8 Å². The van der Waals surface area contributed by atoms with Crippen LogP contribution in [-0.4, -0.2) is 13.0 Å². The third-order valence-corrected chi connectivity index (χ3v) is 4.76. The van der Waals surface area contributed by atoms with E-state index in [9.17, 15) is 13.0 Å². The highest BCUT2D eigenvalue weighted by Gasteiger charge is 2.16. The fourth-order valence-electron chi connectivity index (χ4n) is 2.49. The Bertz CT molecular complexity index is 1160. The summed E-state index contributed by atoms with van der Waals surface area (Å²) < 4.78 is 33.1. The molecule has 0 fully saturated rings. The van der Waals surface area contributed by atoms with E-state index in [1.54, 1.807) is 24.3 Å².